The summed E-state index contributed by atoms with van der Waals surface area (Å²) in [5.41, 5.74) is 5.58. The van der Waals surface area contributed by atoms with Crippen molar-refractivity contribution in [2.24, 2.45) is 11.7 Å². The van der Waals surface area contributed by atoms with Crippen LogP contribution in [0.1, 0.15) is 6.92 Å². The van der Waals surface area contributed by atoms with E-state index in [0.717, 1.165) is 13.1 Å². The van der Waals surface area contributed by atoms with Gasteiger partial charge in [0.1, 0.15) is 0 Å². The van der Waals surface area contributed by atoms with E-state index < -0.39 is 0 Å². The quantitative estimate of drug-likeness (QED) is 0.439. The second-order valence-corrected chi connectivity index (χ2v) is 2.23. The summed E-state index contributed by atoms with van der Waals surface area (Å²) in [5, 5.41) is 4.12. The van der Waals surface area contributed by atoms with Crippen molar-refractivity contribution in [3.05, 3.63) is 0 Å². The standard InChI is InChI=1S/C5H11N2/c1-4-2-7-3-5(4)6/h4-5H,2-3,6H2,1H3/t4-,5+/m1/s1. The monoisotopic (exact) mass is 99.1 g/mol. The Morgan fingerprint density at radius 3 is 2.43 bits per heavy atom. The van der Waals surface area contributed by atoms with Crippen molar-refractivity contribution in [2.75, 3.05) is 13.1 Å². The normalized spacial score (nSPS) is 42.0. The Kier molecular flexibility index (Phi) is 1.30. The summed E-state index contributed by atoms with van der Waals surface area (Å²) in [7, 11) is 0. The van der Waals surface area contributed by atoms with Gasteiger partial charge in [-0.2, -0.15) is 0 Å². The zero-order chi connectivity index (χ0) is 5.28. The second kappa shape index (κ2) is 1.80. The highest BCUT2D eigenvalue weighted by Crippen LogP contribution is 2.04. The van der Waals surface area contributed by atoms with E-state index in [0.29, 0.717) is 12.0 Å². The van der Waals surface area contributed by atoms with Crippen molar-refractivity contribution in [3.8, 4) is 0 Å². The maximum atomic E-state index is 5.58. The van der Waals surface area contributed by atoms with E-state index in [1.54, 1.807) is 0 Å². The van der Waals surface area contributed by atoms with Crippen LogP contribution in [-0.2, 0) is 0 Å². The van der Waals surface area contributed by atoms with Gasteiger partial charge < -0.3 is 5.73 Å². The number of nitrogens with zero attached hydrogens (tertiary/aromatic N) is 1. The lowest BCUT2D eigenvalue weighted by molar-refractivity contribution is 0.565. The first-order valence-electron chi connectivity index (χ1n) is 2.69. The summed E-state index contributed by atoms with van der Waals surface area (Å²) in [6, 6.07) is 0.347. The molecule has 0 saturated carbocycles. The van der Waals surface area contributed by atoms with Gasteiger partial charge in [-0.3, -0.25) is 0 Å². The molecule has 2 atom stereocenters. The molecule has 0 spiro atoms. The van der Waals surface area contributed by atoms with Crippen LogP contribution in [0.3, 0.4) is 0 Å². The molecule has 0 aromatic heterocycles. The predicted molar refractivity (Wildman–Crippen MR) is 29.0 cm³/mol. The largest absolute Gasteiger partial charge is 0.326 e. The van der Waals surface area contributed by atoms with Crippen molar-refractivity contribution in [3.63, 3.8) is 0 Å². The van der Waals surface area contributed by atoms with Gasteiger partial charge >= 0.3 is 0 Å². The molecule has 7 heavy (non-hydrogen) atoms. The molecule has 1 aliphatic heterocycles. The van der Waals surface area contributed by atoms with Crippen LogP contribution in [0.15, 0.2) is 0 Å². The van der Waals surface area contributed by atoms with E-state index in [4.69, 9.17) is 5.73 Å². The number of rotatable bonds is 0. The molecule has 1 radical (unpaired) electrons. The van der Waals surface area contributed by atoms with Crippen LogP contribution in [-0.4, -0.2) is 19.1 Å². The molecule has 1 fully saturated rings. The smallest absolute Gasteiger partial charge is 0.0288 e. The lowest BCUT2D eigenvalue weighted by atomic mass is 10.1. The van der Waals surface area contributed by atoms with Crippen LogP contribution in [0.5, 0.6) is 0 Å². The second-order valence-electron chi connectivity index (χ2n) is 2.23. The summed E-state index contributed by atoms with van der Waals surface area (Å²) in [6.07, 6.45) is 0. The van der Waals surface area contributed by atoms with Gasteiger partial charge in [0.2, 0.25) is 0 Å². The molecule has 0 bridgehead atoms. The van der Waals surface area contributed by atoms with Gasteiger partial charge in [-0.1, -0.05) is 6.92 Å². The zero-order valence-corrected chi connectivity index (χ0v) is 4.59. The molecule has 2 heteroatoms. The SMILES string of the molecule is C[C@@H]1C[N]C[C@@H]1N. The molecular weight excluding hydrogens is 88.1 g/mol. The van der Waals surface area contributed by atoms with Crippen LogP contribution in [0.2, 0.25) is 0 Å². The molecule has 41 valence electrons. The lowest BCUT2D eigenvalue weighted by Crippen LogP contribution is -2.26. The molecule has 0 unspecified atom stereocenters. The first-order chi connectivity index (χ1) is 3.30. The minimum absolute atomic E-state index is 0.347. The lowest BCUT2D eigenvalue weighted by Gasteiger charge is -2.03. The summed E-state index contributed by atoms with van der Waals surface area (Å²) in [5.74, 6) is 0.625. The Hall–Kier alpha value is -0.0800. The van der Waals surface area contributed by atoms with E-state index in [-0.39, 0.29) is 0 Å². The minimum atomic E-state index is 0.347. The first kappa shape index (κ1) is 5.06. The van der Waals surface area contributed by atoms with Gasteiger partial charge in [0.15, 0.2) is 0 Å². The van der Waals surface area contributed by atoms with Gasteiger partial charge in [-0.25, -0.2) is 5.32 Å². The average molecular weight is 99.2 g/mol. The summed E-state index contributed by atoms with van der Waals surface area (Å²) in [4.78, 5) is 0. The third-order valence-corrected chi connectivity index (χ3v) is 1.49. The van der Waals surface area contributed by atoms with Crippen molar-refractivity contribution < 1.29 is 0 Å². The Labute approximate surface area is 44.1 Å². The molecular formula is C5H11N2. The fourth-order valence-corrected chi connectivity index (χ4v) is 0.743. The molecule has 2 nitrogen and oxygen atoms in total. The molecule has 1 aliphatic rings. The summed E-state index contributed by atoms with van der Waals surface area (Å²) in [6.45, 7) is 3.99. The highest BCUT2D eigenvalue weighted by molar-refractivity contribution is 4.79. The van der Waals surface area contributed by atoms with E-state index in [1.165, 1.54) is 0 Å². The van der Waals surface area contributed by atoms with Gasteiger partial charge in [0, 0.05) is 19.1 Å². The van der Waals surface area contributed by atoms with E-state index in [9.17, 15) is 0 Å². The number of nitrogens with two attached hydrogens (primary N) is 1. The van der Waals surface area contributed by atoms with Crippen molar-refractivity contribution >= 4 is 0 Å². The van der Waals surface area contributed by atoms with Crippen molar-refractivity contribution in [2.45, 2.75) is 13.0 Å². The Bertz CT molecular complexity index is 55.1. The third-order valence-electron chi connectivity index (χ3n) is 1.49. The summed E-state index contributed by atoms with van der Waals surface area (Å²) >= 11 is 0. The van der Waals surface area contributed by atoms with Gasteiger partial charge in [-0.15, -0.1) is 0 Å². The van der Waals surface area contributed by atoms with Crippen LogP contribution < -0.4 is 11.1 Å². The molecule has 2 N–H and O–H groups in total. The van der Waals surface area contributed by atoms with Crippen LogP contribution >= 0.6 is 0 Å². The predicted octanol–water partition coefficient (Wildman–Crippen LogP) is -0.432. The average Bonchev–Trinajstić information content (AvgIpc) is 1.91. The van der Waals surface area contributed by atoms with E-state index >= 15 is 0 Å². The summed E-state index contributed by atoms with van der Waals surface area (Å²) < 4.78 is 0. The maximum Gasteiger partial charge on any atom is 0.0288 e. The Morgan fingerprint density at radius 1 is 1.57 bits per heavy atom. The fourth-order valence-electron chi connectivity index (χ4n) is 0.743. The highest BCUT2D eigenvalue weighted by atomic mass is 15.0. The van der Waals surface area contributed by atoms with Crippen molar-refractivity contribution in [1.29, 1.82) is 0 Å². The van der Waals surface area contributed by atoms with E-state index in [2.05, 4.69) is 12.2 Å². The van der Waals surface area contributed by atoms with Gasteiger partial charge in [0.05, 0.1) is 0 Å². The van der Waals surface area contributed by atoms with Gasteiger partial charge in [0.25, 0.3) is 0 Å². The van der Waals surface area contributed by atoms with E-state index in [1.807, 2.05) is 0 Å². The molecule has 0 aromatic rings. The van der Waals surface area contributed by atoms with Crippen LogP contribution in [0.4, 0.5) is 0 Å². The number of hydrogen-bond donors (Lipinski definition) is 1. The molecule has 1 heterocycles. The molecule has 1 rings (SSSR count). The Morgan fingerprint density at radius 2 is 2.29 bits per heavy atom. The topological polar surface area (TPSA) is 40.1 Å². The Balaban J connectivity index is 2.33. The fraction of sp³-hybridized carbons (Fsp3) is 1.00. The molecule has 1 saturated heterocycles. The third kappa shape index (κ3) is 0.924. The minimum Gasteiger partial charge on any atom is -0.326 e. The highest BCUT2D eigenvalue weighted by Gasteiger charge is 2.18. The maximum absolute atomic E-state index is 5.58. The van der Waals surface area contributed by atoms with Crippen LogP contribution in [0.25, 0.3) is 0 Å². The molecule has 0 aliphatic carbocycles. The molecule has 0 aromatic carbocycles. The zero-order valence-electron chi connectivity index (χ0n) is 4.59. The van der Waals surface area contributed by atoms with Crippen LogP contribution in [0, 0.1) is 5.92 Å². The molecule has 0 amide bonds. The number of hydrogen-bond acceptors (Lipinski definition) is 1. The van der Waals surface area contributed by atoms with Crippen molar-refractivity contribution in [1.82, 2.24) is 5.32 Å². The van der Waals surface area contributed by atoms with Gasteiger partial charge in [-0.05, 0) is 5.92 Å². The first-order valence-corrected chi connectivity index (χ1v) is 2.69.